The van der Waals surface area contributed by atoms with E-state index < -0.39 is 12.2 Å². The summed E-state index contributed by atoms with van der Waals surface area (Å²) in [6.07, 6.45) is 0.971. The molecule has 2 N–H and O–H groups in total. The van der Waals surface area contributed by atoms with Gasteiger partial charge in [-0.25, -0.2) is 4.39 Å². The van der Waals surface area contributed by atoms with Gasteiger partial charge in [0.15, 0.2) is 0 Å². The van der Waals surface area contributed by atoms with Crippen LogP contribution in [0.4, 0.5) is 4.39 Å². The SMILES string of the molecule is CC(C)[C@@]1(C)CCN(C(=O)C(C)(N)CF)C1. The second-order valence-corrected chi connectivity index (χ2v) is 5.84. The van der Waals surface area contributed by atoms with Gasteiger partial charge >= 0.3 is 0 Å². The minimum absolute atomic E-state index is 0.141. The molecule has 0 spiro atoms. The van der Waals surface area contributed by atoms with Gasteiger partial charge in [-0.2, -0.15) is 0 Å². The summed E-state index contributed by atoms with van der Waals surface area (Å²) in [7, 11) is 0. The molecular weight excluding hydrogens is 207 g/mol. The molecule has 0 aromatic rings. The number of alkyl halides is 1. The third-order valence-electron chi connectivity index (χ3n) is 3.95. The Labute approximate surface area is 97.2 Å². The van der Waals surface area contributed by atoms with E-state index in [4.69, 9.17) is 5.73 Å². The van der Waals surface area contributed by atoms with E-state index in [9.17, 15) is 9.18 Å². The van der Waals surface area contributed by atoms with Crippen LogP contribution in [-0.2, 0) is 4.79 Å². The van der Waals surface area contributed by atoms with E-state index in [0.717, 1.165) is 6.42 Å². The smallest absolute Gasteiger partial charge is 0.245 e. The van der Waals surface area contributed by atoms with Gasteiger partial charge in [0.1, 0.15) is 12.2 Å². The van der Waals surface area contributed by atoms with Crippen LogP contribution < -0.4 is 5.73 Å². The third-order valence-corrected chi connectivity index (χ3v) is 3.95. The maximum absolute atomic E-state index is 12.7. The van der Waals surface area contributed by atoms with Crippen LogP contribution in [0.1, 0.15) is 34.1 Å². The zero-order valence-corrected chi connectivity index (χ0v) is 10.7. The van der Waals surface area contributed by atoms with E-state index in [0.29, 0.717) is 19.0 Å². The Morgan fingerprint density at radius 1 is 1.62 bits per heavy atom. The van der Waals surface area contributed by atoms with Crippen LogP contribution in [0.3, 0.4) is 0 Å². The van der Waals surface area contributed by atoms with E-state index in [1.807, 2.05) is 0 Å². The van der Waals surface area contributed by atoms with Gasteiger partial charge in [0.2, 0.25) is 5.91 Å². The summed E-state index contributed by atoms with van der Waals surface area (Å²) in [6, 6.07) is 0. The van der Waals surface area contributed by atoms with Crippen molar-refractivity contribution in [1.82, 2.24) is 4.90 Å². The van der Waals surface area contributed by atoms with Crippen molar-refractivity contribution >= 4 is 5.91 Å². The molecule has 0 bridgehead atoms. The minimum Gasteiger partial charge on any atom is -0.340 e. The summed E-state index contributed by atoms with van der Waals surface area (Å²) < 4.78 is 12.7. The molecule has 1 fully saturated rings. The quantitative estimate of drug-likeness (QED) is 0.800. The number of nitrogens with zero attached hydrogens (tertiary/aromatic N) is 1. The van der Waals surface area contributed by atoms with Crippen molar-refractivity contribution in [3.8, 4) is 0 Å². The Bertz CT molecular complexity index is 278. The second kappa shape index (κ2) is 4.32. The standard InChI is InChI=1S/C12H23FN2O/c1-9(2)11(3)5-6-15(8-11)10(16)12(4,14)7-13/h9H,5-8,14H2,1-4H3/t11-,12?/m0/s1. The largest absolute Gasteiger partial charge is 0.340 e. The Morgan fingerprint density at radius 3 is 2.56 bits per heavy atom. The number of rotatable bonds is 3. The van der Waals surface area contributed by atoms with Crippen LogP contribution >= 0.6 is 0 Å². The van der Waals surface area contributed by atoms with Crippen molar-refractivity contribution in [2.24, 2.45) is 17.1 Å². The van der Waals surface area contributed by atoms with Crippen LogP contribution in [-0.4, -0.2) is 36.1 Å². The number of halogens is 1. The maximum Gasteiger partial charge on any atom is 0.245 e. The topological polar surface area (TPSA) is 46.3 Å². The number of amides is 1. The van der Waals surface area contributed by atoms with Crippen molar-refractivity contribution in [1.29, 1.82) is 0 Å². The highest BCUT2D eigenvalue weighted by molar-refractivity contribution is 5.86. The predicted octanol–water partition coefficient (Wildman–Crippen LogP) is 1.57. The molecule has 1 amide bonds. The highest BCUT2D eigenvalue weighted by Gasteiger charge is 2.42. The number of hydrogen-bond donors (Lipinski definition) is 1. The molecule has 3 nitrogen and oxygen atoms in total. The summed E-state index contributed by atoms with van der Waals surface area (Å²) in [6.45, 7) is 8.53. The lowest BCUT2D eigenvalue weighted by molar-refractivity contribution is -0.136. The number of carbonyl (C=O) groups excluding carboxylic acids is 1. The predicted molar refractivity (Wildman–Crippen MR) is 62.7 cm³/mol. The molecular formula is C12H23FN2O. The monoisotopic (exact) mass is 230 g/mol. The van der Waals surface area contributed by atoms with Crippen LogP contribution in [0.5, 0.6) is 0 Å². The summed E-state index contributed by atoms with van der Waals surface area (Å²) >= 11 is 0. The summed E-state index contributed by atoms with van der Waals surface area (Å²) in [5.41, 5.74) is 4.42. The first-order valence-electron chi connectivity index (χ1n) is 5.87. The third kappa shape index (κ3) is 2.37. The first kappa shape index (κ1) is 13.4. The number of nitrogens with two attached hydrogens (primary N) is 1. The van der Waals surface area contributed by atoms with Crippen molar-refractivity contribution in [2.45, 2.75) is 39.7 Å². The molecule has 1 unspecified atom stereocenters. The van der Waals surface area contributed by atoms with Gasteiger partial charge in [-0.1, -0.05) is 20.8 Å². The molecule has 16 heavy (non-hydrogen) atoms. The average Bonchev–Trinajstić information content (AvgIpc) is 2.61. The molecule has 0 aromatic carbocycles. The van der Waals surface area contributed by atoms with Crippen LogP contribution in [0.2, 0.25) is 0 Å². The van der Waals surface area contributed by atoms with Gasteiger partial charge in [0, 0.05) is 13.1 Å². The zero-order chi connectivity index (χ0) is 12.6. The molecule has 1 aliphatic heterocycles. The van der Waals surface area contributed by atoms with Crippen LogP contribution in [0.25, 0.3) is 0 Å². The molecule has 4 heteroatoms. The van der Waals surface area contributed by atoms with Gasteiger partial charge in [0.25, 0.3) is 0 Å². The molecule has 94 valence electrons. The highest BCUT2D eigenvalue weighted by Crippen LogP contribution is 2.37. The van der Waals surface area contributed by atoms with E-state index >= 15 is 0 Å². The zero-order valence-electron chi connectivity index (χ0n) is 10.7. The molecule has 2 atom stereocenters. The summed E-state index contributed by atoms with van der Waals surface area (Å²) in [4.78, 5) is 13.7. The lowest BCUT2D eigenvalue weighted by Gasteiger charge is -2.31. The van der Waals surface area contributed by atoms with E-state index in [1.165, 1.54) is 6.92 Å². The van der Waals surface area contributed by atoms with Gasteiger partial charge in [-0.3, -0.25) is 4.79 Å². The maximum atomic E-state index is 12.7. The van der Waals surface area contributed by atoms with E-state index in [1.54, 1.807) is 4.90 Å². The van der Waals surface area contributed by atoms with Crippen molar-refractivity contribution in [3.63, 3.8) is 0 Å². The van der Waals surface area contributed by atoms with Gasteiger partial charge < -0.3 is 10.6 Å². The average molecular weight is 230 g/mol. The minimum atomic E-state index is -1.36. The van der Waals surface area contributed by atoms with Gasteiger partial charge in [-0.15, -0.1) is 0 Å². The van der Waals surface area contributed by atoms with Crippen molar-refractivity contribution < 1.29 is 9.18 Å². The first-order chi connectivity index (χ1) is 7.23. The summed E-state index contributed by atoms with van der Waals surface area (Å²) in [5, 5.41) is 0. The molecule has 1 rings (SSSR count). The van der Waals surface area contributed by atoms with Crippen LogP contribution in [0, 0.1) is 11.3 Å². The Balaban J connectivity index is 2.71. The Kier molecular flexibility index (Phi) is 3.62. The van der Waals surface area contributed by atoms with E-state index in [2.05, 4.69) is 20.8 Å². The van der Waals surface area contributed by atoms with Crippen LogP contribution in [0.15, 0.2) is 0 Å². The fraction of sp³-hybridized carbons (Fsp3) is 0.917. The number of hydrogen-bond acceptors (Lipinski definition) is 2. The first-order valence-corrected chi connectivity index (χ1v) is 5.87. The Hall–Kier alpha value is -0.640. The fourth-order valence-electron chi connectivity index (χ4n) is 2.05. The second-order valence-electron chi connectivity index (χ2n) is 5.84. The number of likely N-dealkylation sites (tertiary alicyclic amines) is 1. The van der Waals surface area contributed by atoms with Gasteiger partial charge in [0.05, 0.1) is 0 Å². The molecule has 0 aliphatic carbocycles. The lowest BCUT2D eigenvalue weighted by atomic mass is 9.78. The molecule has 0 aromatic heterocycles. The molecule has 1 aliphatic rings. The van der Waals surface area contributed by atoms with Crippen molar-refractivity contribution in [2.75, 3.05) is 19.8 Å². The fourth-order valence-corrected chi connectivity index (χ4v) is 2.05. The van der Waals surface area contributed by atoms with Gasteiger partial charge in [-0.05, 0) is 24.7 Å². The molecule has 1 saturated heterocycles. The number of carbonyl (C=O) groups is 1. The molecule has 0 saturated carbocycles. The van der Waals surface area contributed by atoms with E-state index in [-0.39, 0.29) is 11.3 Å². The van der Waals surface area contributed by atoms with Crippen molar-refractivity contribution in [3.05, 3.63) is 0 Å². The normalized spacial score (nSPS) is 29.6. The Morgan fingerprint density at radius 2 is 2.19 bits per heavy atom. The molecule has 0 radical (unpaired) electrons. The lowest BCUT2D eigenvalue weighted by Crippen LogP contribution is -2.54. The highest BCUT2D eigenvalue weighted by atomic mass is 19.1. The summed E-state index contributed by atoms with van der Waals surface area (Å²) in [5.74, 6) is 0.249. The molecule has 1 heterocycles.